The number of carbonyl (C=O) groups is 2. The summed E-state index contributed by atoms with van der Waals surface area (Å²) in [7, 11) is 0. The highest BCUT2D eigenvalue weighted by Gasteiger charge is 2.55. The van der Waals surface area contributed by atoms with Crippen LogP contribution in [0.2, 0.25) is 0 Å². The molecular formula is C24H24N2O4S. The molecule has 1 heterocycles. The third-order valence-corrected chi connectivity index (χ3v) is 7.42. The maximum absolute atomic E-state index is 12.0. The molecule has 0 saturated heterocycles. The number of ether oxygens (including phenoxy) is 2. The fourth-order valence-corrected chi connectivity index (χ4v) is 5.73. The molecular weight excluding hydrogens is 412 g/mol. The molecule has 0 radical (unpaired) electrons. The molecule has 2 aliphatic carbocycles. The number of nitrogens with two attached hydrogens (primary N) is 1. The van der Waals surface area contributed by atoms with Gasteiger partial charge in [-0.3, -0.25) is 4.79 Å². The maximum atomic E-state index is 12.0. The van der Waals surface area contributed by atoms with Crippen LogP contribution in [0, 0.1) is 5.41 Å². The van der Waals surface area contributed by atoms with Gasteiger partial charge in [0, 0.05) is 16.6 Å². The van der Waals surface area contributed by atoms with Crippen LogP contribution in [-0.4, -0.2) is 24.2 Å². The van der Waals surface area contributed by atoms with Crippen LogP contribution in [0.3, 0.4) is 0 Å². The molecule has 2 aliphatic rings. The van der Waals surface area contributed by atoms with E-state index in [1.54, 1.807) is 0 Å². The summed E-state index contributed by atoms with van der Waals surface area (Å²) in [5, 5.41) is 3.74. The summed E-state index contributed by atoms with van der Waals surface area (Å²) in [6, 6.07) is 17.6. The Morgan fingerprint density at radius 3 is 2.42 bits per heavy atom. The van der Waals surface area contributed by atoms with Crippen molar-refractivity contribution in [1.29, 1.82) is 0 Å². The first-order valence-corrected chi connectivity index (χ1v) is 11.3. The van der Waals surface area contributed by atoms with Crippen LogP contribution in [0.5, 0.6) is 5.75 Å². The zero-order valence-electron chi connectivity index (χ0n) is 17.0. The van der Waals surface area contributed by atoms with Crippen molar-refractivity contribution < 1.29 is 19.1 Å². The maximum Gasteiger partial charge on any atom is 0.407 e. The fourth-order valence-electron chi connectivity index (χ4n) is 4.74. The van der Waals surface area contributed by atoms with Gasteiger partial charge in [0.2, 0.25) is 0 Å². The zero-order chi connectivity index (χ0) is 21.4. The molecule has 0 unspecified atom stereocenters. The average molecular weight is 437 g/mol. The van der Waals surface area contributed by atoms with Crippen molar-refractivity contribution in [3.8, 4) is 5.75 Å². The summed E-state index contributed by atoms with van der Waals surface area (Å²) in [4.78, 5) is 24.4. The lowest BCUT2D eigenvalue weighted by atomic mass is 9.53. The molecule has 3 N–H and O–H groups in total. The monoisotopic (exact) mass is 436 g/mol. The van der Waals surface area contributed by atoms with Crippen molar-refractivity contribution in [2.75, 3.05) is 0 Å². The number of fused-ring (bicyclic) bond motifs is 1. The Morgan fingerprint density at radius 2 is 1.68 bits per heavy atom. The predicted octanol–water partition coefficient (Wildman–Crippen LogP) is 4.62. The van der Waals surface area contributed by atoms with Crippen LogP contribution in [-0.2, 0) is 11.3 Å². The Balaban J connectivity index is 1.11. The Labute approximate surface area is 184 Å². The largest absolute Gasteiger partial charge is 0.488 e. The van der Waals surface area contributed by atoms with Gasteiger partial charge >= 0.3 is 6.09 Å². The quantitative estimate of drug-likeness (QED) is 0.590. The fraction of sp³-hybridized carbons (Fsp3) is 0.333. The van der Waals surface area contributed by atoms with Crippen molar-refractivity contribution in [1.82, 2.24) is 5.32 Å². The highest BCUT2D eigenvalue weighted by Crippen LogP contribution is 2.58. The Hall–Kier alpha value is -3.06. The first kappa shape index (κ1) is 19.9. The lowest BCUT2D eigenvalue weighted by Gasteiger charge is -2.56. The van der Waals surface area contributed by atoms with Crippen molar-refractivity contribution in [2.24, 2.45) is 11.1 Å². The second kappa shape index (κ2) is 7.89. The molecule has 2 fully saturated rings. The summed E-state index contributed by atoms with van der Waals surface area (Å²) in [5.41, 5.74) is 6.80. The van der Waals surface area contributed by atoms with Gasteiger partial charge in [-0.25, -0.2) is 4.79 Å². The number of nitrogens with one attached hydrogen (secondary N) is 1. The molecule has 6 nitrogen and oxygen atoms in total. The summed E-state index contributed by atoms with van der Waals surface area (Å²) in [5.74, 6) is 0.157. The van der Waals surface area contributed by atoms with Gasteiger partial charge in [0.1, 0.15) is 11.0 Å². The molecule has 1 spiro atoms. The highest BCUT2D eigenvalue weighted by molar-refractivity contribution is 7.21. The van der Waals surface area contributed by atoms with Gasteiger partial charge in [-0.15, -0.1) is 11.3 Å². The lowest BCUT2D eigenvalue weighted by molar-refractivity contribution is -0.132. The van der Waals surface area contributed by atoms with Gasteiger partial charge in [0.15, 0.2) is 5.75 Å². The number of alkyl carbamates (subject to hydrolysis) is 1. The van der Waals surface area contributed by atoms with Gasteiger partial charge in [-0.1, -0.05) is 42.5 Å². The van der Waals surface area contributed by atoms with E-state index < -0.39 is 5.91 Å². The number of thiophene rings is 1. The van der Waals surface area contributed by atoms with E-state index in [9.17, 15) is 9.59 Å². The number of hydrogen-bond donors (Lipinski definition) is 2. The lowest BCUT2D eigenvalue weighted by Crippen LogP contribution is -2.55. The minimum absolute atomic E-state index is 0.0418. The molecule has 3 aromatic rings. The molecule has 7 heteroatoms. The summed E-state index contributed by atoms with van der Waals surface area (Å²) >= 11 is 1.37. The molecule has 31 heavy (non-hydrogen) atoms. The summed E-state index contributed by atoms with van der Waals surface area (Å²) in [6.07, 6.45) is 3.18. The Morgan fingerprint density at radius 1 is 1.00 bits per heavy atom. The number of hydrogen-bond acceptors (Lipinski definition) is 5. The highest BCUT2D eigenvalue weighted by atomic mass is 32.1. The van der Waals surface area contributed by atoms with Crippen LogP contribution < -0.4 is 15.8 Å². The normalized spacial score (nSPS) is 24.3. The predicted molar refractivity (Wildman–Crippen MR) is 119 cm³/mol. The van der Waals surface area contributed by atoms with Crippen LogP contribution in [0.25, 0.3) is 10.1 Å². The number of primary amides is 1. The molecule has 0 atom stereocenters. The van der Waals surface area contributed by atoms with Crippen molar-refractivity contribution in [3.05, 3.63) is 65.0 Å². The third kappa shape index (κ3) is 3.97. The molecule has 160 valence electrons. The van der Waals surface area contributed by atoms with E-state index in [-0.39, 0.29) is 23.7 Å². The van der Waals surface area contributed by atoms with E-state index in [2.05, 4.69) is 5.32 Å². The minimum atomic E-state index is -0.455. The van der Waals surface area contributed by atoms with Crippen LogP contribution >= 0.6 is 11.3 Å². The van der Waals surface area contributed by atoms with Gasteiger partial charge in [-0.2, -0.15) is 0 Å². The van der Waals surface area contributed by atoms with Crippen molar-refractivity contribution in [2.45, 2.75) is 44.4 Å². The molecule has 2 saturated carbocycles. The summed E-state index contributed by atoms with van der Waals surface area (Å²) in [6.45, 7) is 0.463. The van der Waals surface area contributed by atoms with Gasteiger partial charge in [-0.05, 0) is 48.8 Å². The smallest absolute Gasteiger partial charge is 0.407 e. The first-order valence-electron chi connectivity index (χ1n) is 10.5. The van der Waals surface area contributed by atoms with Gasteiger partial charge in [0.25, 0.3) is 5.91 Å². The average Bonchev–Trinajstić information content (AvgIpc) is 3.09. The van der Waals surface area contributed by atoms with Crippen molar-refractivity contribution >= 4 is 33.4 Å². The minimum Gasteiger partial charge on any atom is -0.488 e. The van der Waals surface area contributed by atoms with Gasteiger partial charge < -0.3 is 20.5 Å². The molecule has 0 aliphatic heterocycles. The second-order valence-corrected chi connectivity index (χ2v) is 9.60. The standard InChI is InChI=1S/C24H24N2O4S/c25-22(27)21-20(18-8-4-5-9-19(18)31-21)29-16-10-24(11-16)12-17(13-24)30-23(28)26-14-15-6-2-1-3-7-15/h1-9,16-17H,10-14H2,(H2,25,27)(H,26,28). The van der Waals surface area contributed by atoms with E-state index in [0.717, 1.165) is 41.3 Å². The molecule has 1 aromatic heterocycles. The molecule has 2 amide bonds. The topological polar surface area (TPSA) is 90.7 Å². The number of benzene rings is 2. The van der Waals surface area contributed by atoms with Crippen LogP contribution in [0.1, 0.15) is 40.9 Å². The Bertz CT molecular complexity index is 1110. The van der Waals surface area contributed by atoms with Gasteiger partial charge in [0.05, 0.1) is 6.10 Å². The SMILES string of the molecule is NC(=O)c1sc2ccccc2c1OC1CC2(CC(OC(=O)NCc3ccccc3)C2)C1. The zero-order valence-corrected chi connectivity index (χ0v) is 17.8. The number of rotatable bonds is 6. The molecule has 0 bridgehead atoms. The van der Waals surface area contributed by atoms with E-state index in [1.165, 1.54) is 11.3 Å². The van der Waals surface area contributed by atoms with E-state index in [0.29, 0.717) is 17.2 Å². The van der Waals surface area contributed by atoms with E-state index >= 15 is 0 Å². The second-order valence-electron chi connectivity index (χ2n) is 8.54. The third-order valence-electron chi connectivity index (χ3n) is 6.25. The van der Waals surface area contributed by atoms with Crippen molar-refractivity contribution in [3.63, 3.8) is 0 Å². The molecule has 5 rings (SSSR count). The Kier molecular flexibility index (Phi) is 5.06. The molecule has 2 aromatic carbocycles. The van der Waals surface area contributed by atoms with Crippen LogP contribution in [0.15, 0.2) is 54.6 Å². The van der Waals surface area contributed by atoms with Crippen LogP contribution in [0.4, 0.5) is 4.79 Å². The van der Waals surface area contributed by atoms with E-state index in [4.69, 9.17) is 15.2 Å². The summed E-state index contributed by atoms with van der Waals surface area (Å²) < 4.78 is 12.8. The number of carbonyl (C=O) groups excluding carboxylic acids is 2. The number of amides is 2. The van der Waals surface area contributed by atoms with E-state index in [1.807, 2.05) is 54.6 Å². The first-order chi connectivity index (χ1) is 15.0.